The van der Waals surface area contributed by atoms with E-state index in [1.54, 1.807) is 0 Å². The number of rotatable bonds is 4. The molecule has 3 N–H and O–H groups in total. The first-order valence-corrected chi connectivity index (χ1v) is 5.07. The molecule has 0 saturated heterocycles. The Morgan fingerprint density at radius 1 is 1.77 bits per heavy atom. The van der Waals surface area contributed by atoms with Crippen molar-refractivity contribution in [1.82, 2.24) is 0 Å². The fraction of sp³-hybridized carbons (Fsp3) is 0.444. The van der Waals surface area contributed by atoms with Crippen LogP contribution in [-0.2, 0) is 11.2 Å². The zero-order valence-corrected chi connectivity index (χ0v) is 8.30. The van der Waals surface area contributed by atoms with Crippen molar-refractivity contribution < 1.29 is 9.90 Å². The quantitative estimate of drug-likeness (QED) is 0.771. The fourth-order valence-corrected chi connectivity index (χ4v) is 2.37. The molecule has 1 unspecified atom stereocenters. The molecule has 4 heteroatoms. The Labute approximate surface area is 81.2 Å². The number of aliphatic carboxylic acids is 1. The Morgan fingerprint density at radius 3 is 2.92 bits per heavy atom. The van der Waals surface area contributed by atoms with Crippen molar-refractivity contribution in [3.05, 3.63) is 21.9 Å². The topological polar surface area (TPSA) is 63.3 Å². The van der Waals surface area contributed by atoms with Crippen molar-refractivity contribution in [3.63, 3.8) is 0 Å². The molecule has 0 spiro atoms. The Kier molecular flexibility index (Phi) is 3.45. The first-order valence-electron chi connectivity index (χ1n) is 4.19. The zero-order chi connectivity index (χ0) is 9.84. The summed E-state index contributed by atoms with van der Waals surface area (Å²) in [7, 11) is 0. The number of hydrogen-bond donors (Lipinski definition) is 2. The average molecular weight is 199 g/mol. The highest BCUT2D eigenvalue weighted by atomic mass is 32.1. The number of hydrogen-bond acceptors (Lipinski definition) is 3. The van der Waals surface area contributed by atoms with E-state index in [0.29, 0.717) is 0 Å². The van der Waals surface area contributed by atoms with Gasteiger partial charge in [0.1, 0.15) is 5.92 Å². The number of aryl methyl sites for hydroxylation is 1. The van der Waals surface area contributed by atoms with E-state index in [0.717, 1.165) is 16.9 Å². The number of carboxylic acids is 1. The molecule has 1 aromatic heterocycles. The Hall–Kier alpha value is -0.870. The highest BCUT2D eigenvalue weighted by Gasteiger charge is 2.21. The molecule has 1 rings (SSSR count). The largest absolute Gasteiger partial charge is 0.481 e. The van der Waals surface area contributed by atoms with Gasteiger partial charge in [0.25, 0.3) is 0 Å². The maximum Gasteiger partial charge on any atom is 0.313 e. The van der Waals surface area contributed by atoms with E-state index >= 15 is 0 Å². The molecule has 0 fully saturated rings. The number of carbonyl (C=O) groups is 1. The van der Waals surface area contributed by atoms with E-state index < -0.39 is 11.9 Å². The maximum absolute atomic E-state index is 10.8. The summed E-state index contributed by atoms with van der Waals surface area (Å²) in [6, 6.07) is 1.96. The fourth-order valence-electron chi connectivity index (χ4n) is 1.27. The lowest BCUT2D eigenvalue weighted by atomic mass is 10.0. The summed E-state index contributed by atoms with van der Waals surface area (Å²) in [6.45, 7) is 2.18. The van der Waals surface area contributed by atoms with Crippen LogP contribution in [0.5, 0.6) is 0 Å². The molecular weight excluding hydrogens is 186 g/mol. The van der Waals surface area contributed by atoms with E-state index in [1.165, 1.54) is 11.3 Å². The van der Waals surface area contributed by atoms with Gasteiger partial charge in [-0.1, -0.05) is 6.92 Å². The minimum absolute atomic E-state index is 0.169. The van der Waals surface area contributed by atoms with E-state index in [2.05, 4.69) is 0 Å². The molecule has 1 atom stereocenters. The van der Waals surface area contributed by atoms with Crippen molar-refractivity contribution in [3.8, 4) is 0 Å². The summed E-state index contributed by atoms with van der Waals surface area (Å²) in [4.78, 5) is 11.7. The lowest BCUT2D eigenvalue weighted by Gasteiger charge is -2.09. The van der Waals surface area contributed by atoms with Gasteiger partial charge < -0.3 is 10.8 Å². The van der Waals surface area contributed by atoms with Gasteiger partial charge in [-0.3, -0.25) is 4.79 Å². The third-order valence-electron chi connectivity index (χ3n) is 2.01. The molecule has 0 amide bonds. The summed E-state index contributed by atoms with van der Waals surface area (Å²) >= 11 is 1.47. The van der Waals surface area contributed by atoms with Gasteiger partial charge in [0.05, 0.1) is 0 Å². The van der Waals surface area contributed by atoms with Gasteiger partial charge in [-0.05, 0) is 23.4 Å². The van der Waals surface area contributed by atoms with Crippen molar-refractivity contribution >= 4 is 17.3 Å². The summed E-state index contributed by atoms with van der Waals surface area (Å²) < 4.78 is 0. The Bertz CT molecular complexity index is 296. The van der Waals surface area contributed by atoms with Crippen LogP contribution in [0.2, 0.25) is 0 Å². The van der Waals surface area contributed by atoms with Gasteiger partial charge in [0, 0.05) is 11.4 Å². The van der Waals surface area contributed by atoms with Crippen LogP contribution in [-0.4, -0.2) is 17.6 Å². The second-order valence-corrected chi connectivity index (χ2v) is 3.74. The SMILES string of the molecule is CCc1ccsc1C(CN)C(=O)O. The summed E-state index contributed by atoms with van der Waals surface area (Å²) in [5, 5.41) is 10.8. The van der Waals surface area contributed by atoms with E-state index in [9.17, 15) is 4.79 Å². The molecule has 0 aliphatic rings. The van der Waals surface area contributed by atoms with Crippen LogP contribution < -0.4 is 5.73 Å². The summed E-state index contributed by atoms with van der Waals surface area (Å²) in [6.07, 6.45) is 0.864. The molecule has 13 heavy (non-hydrogen) atoms. The van der Waals surface area contributed by atoms with Crippen LogP contribution in [0, 0.1) is 0 Å². The predicted octanol–water partition coefficient (Wildman–Crippen LogP) is 1.44. The van der Waals surface area contributed by atoms with Crippen LogP contribution >= 0.6 is 11.3 Å². The molecule has 0 bridgehead atoms. The monoisotopic (exact) mass is 199 g/mol. The molecule has 72 valence electrons. The third-order valence-corrected chi connectivity index (χ3v) is 3.08. The van der Waals surface area contributed by atoms with E-state index in [-0.39, 0.29) is 6.54 Å². The van der Waals surface area contributed by atoms with Gasteiger partial charge >= 0.3 is 5.97 Å². The van der Waals surface area contributed by atoms with Crippen LogP contribution in [0.4, 0.5) is 0 Å². The maximum atomic E-state index is 10.8. The van der Waals surface area contributed by atoms with Gasteiger partial charge in [-0.2, -0.15) is 0 Å². The average Bonchev–Trinajstić information content (AvgIpc) is 2.53. The minimum atomic E-state index is -0.834. The van der Waals surface area contributed by atoms with Crippen LogP contribution in [0.3, 0.4) is 0 Å². The highest BCUT2D eigenvalue weighted by molar-refractivity contribution is 7.10. The van der Waals surface area contributed by atoms with Crippen LogP contribution in [0.25, 0.3) is 0 Å². The molecule has 3 nitrogen and oxygen atoms in total. The molecule has 1 heterocycles. The van der Waals surface area contributed by atoms with Crippen LogP contribution in [0.15, 0.2) is 11.4 Å². The van der Waals surface area contributed by atoms with Crippen LogP contribution in [0.1, 0.15) is 23.3 Å². The third kappa shape index (κ3) is 2.08. The molecule has 0 aromatic carbocycles. The molecular formula is C9H13NO2S. The number of nitrogens with two attached hydrogens (primary N) is 1. The minimum Gasteiger partial charge on any atom is -0.481 e. The zero-order valence-electron chi connectivity index (χ0n) is 7.49. The lowest BCUT2D eigenvalue weighted by Crippen LogP contribution is -2.21. The Balaban J connectivity index is 2.96. The summed E-state index contributed by atoms with van der Waals surface area (Å²) in [5.74, 6) is -1.37. The van der Waals surface area contributed by atoms with Crippen molar-refractivity contribution in [1.29, 1.82) is 0 Å². The normalized spacial score (nSPS) is 12.8. The van der Waals surface area contributed by atoms with E-state index in [4.69, 9.17) is 10.8 Å². The van der Waals surface area contributed by atoms with Gasteiger partial charge in [-0.25, -0.2) is 0 Å². The van der Waals surface area contributed by atoms with Crippen molar-refractivity contribution in [2.75, 3.05) is 6.54 Å². The molecule has 0 saturated carbocycles. The van der Waals surface area contributed by atoms with Gasteiger partial charge in [-0.15, -0.1) is 11.3 Å². The Morgan fingerprint density at radius 2 is 2.46 bits per heavy atom. The molecule has 0 aliphatic carbocycles. The smallest absolute Gasteiger partial charge is 0.313 e. The number of carboxylic acid groups (broad SMARTS) is 1. The first kappa shape index (κ1) is 10.2. The number of thiophene rings is 1. The first-order chi connectivity index (χ1) is 6.20. The highest BCUT2D eigenvalue weighted by Crippen LogP contribution is 2.26. The molecule has 1 aromatic rings. The molecule has 0 aliphatic heterocycles. The van der Waals surface area contributed by atoms with Gasteiger partial charge in [0.15, 0.2) is 0 Å². The predicted molar refractivity (Wildman–Crippen MR) is 53.1 cm³/mol. The van der Waals surface area contributed by atoms with E-state index in [1.807, 2.05) is 18.4 Å². The van der Waals surface area contributed by atoms with Crippen molar-refractivity contribution in [2.24, 2.45) is 5.73 Å². The second-order valence-electron chi connectivity index (χ2n) is 2.79. The van der Waals surface area contributed by atoms with Gasteiger partial charge in [0.2, 0.25) is 0 Å². The molecule has 0 radical (unpaired) electrons. The lowest BCUT2D eigenvalue weighted by molar-refractivity contribution is -0.138. The standard InChI is InChI=1S/C9H13NO2S/c1-2-6-3-4-13-8(6)7(5-10)9(11)12/h3-4,7H,2,5,10H2,1H3,(H,11,12). The summed E-state index contributed by atoms with van der Waals surface area (Å²) in [5.41, 5.74) is 6.51. The second kappa shape index (κ2) is 4.39. The van der Waals surface area contributed by atoms with Crippen molar-refractivity contribution in [2.45, 2.75) is 19.3 Å².